The molecular weight excluding hydrogens is 436 g/mol. The van der Waals surface area contributed by atoms with E-state index in [1.165, 1.54) is 11.2 Å². The average Bonchev–Trinajstić information content (AvgIpc) is 3.35. The first-order chi connectivity index (χ1) is 16.1. The molecule has 9 heteroatoms. The molecule has 3 N–H and O–H groups in total. The number of piperazine rings is 1. The Balaban J connectivity index is 1.65. The number of furan rings is 1. The van der Waals surface area contributed by atoms with Gasteiger partial charge in [0.15, 0.2) is 5.76 Å². The molecule has 1 fully saturated rings. The van der Waals surface area contributed by atoms with Crippen molar-refractivity contribution in [2.24, 2.45) is 5.41 Å². The lowest BCUT2D eigenvalue weighted by Gasteiger charge is -2.46. The van der Waals surface area contributed by atoms with E-state index >= 15 is 0 Å². The summed E-state index contributed by atoms with van der Waals surface area (Å²) < 4.78 is 5.17. The molecule has 1 aliphatic heterocycles. The molecule has 2 heterocycles. The molecule has 2 atom stereocenters. The van der Waals surface area contributed by atoms with Gasteiger partial charge in [-0.1, -0.05) is 51.1 Å². The van der Waals surface area contributed by atoms with Crippen molar-refractivity contribution < 1.29 is 23.9 Å². The first kappa shape index (κ1) is 25.3. The third kappa shape index (κ3) is 6.84. The van der Waals surface area contributed by atoms with Gasteiger partial charge in [-0.05, 0) is 29.5 Å². The van der Waals surface area contributed by atoms with Crippen molar-refractivity contribution in [1.29, 1.82) is 0 Å². The highest BCUT2D eigenvalue weighted by atomic mass is 16.4. The second-order valence-electron chi connectivity index (χ2n) is 9.65. The number of carboxylic acid groups (broad SMARTS) is 1. The van der Waals surface area contributed by atoms with Crippen molar-refractivity contribution in [3.8, 4) is 0 Å². The maximum absolute atomic E-state index is 13.0. The van der Waals surface area contributed by atoms with Gasteiger partial charge in [-0.25, -0.2) is 4.79 Å². The van der Waals surface area contributed by atoms with Crippen LogP contribution in [0.3, 0.4) is 0 Å². The van der Waals surface area contributed by atoms with Crippen molar-refractivity contribution in [3.63, 3.8) is 0 Å². The van der Waals surface area contributed by atoms with Crippen LogP contribution in [-0.2, 0) is 11.3 Å². The summed E-state index contributed by atoms with van der Waals surface area (Å²) in [5, 5.41) is 15.3. The molecule has 0 spiro atoms. The maximum Gasteiger partial charge on any atom is 0.407 e. The smallest absolute Gasteiger partial charge is 0.407 e. The minimum absolute atomic E-state index is 0.142. The van der Waals surface area contributed by atoms with Crippen molar-refractivity contribution in [2.75, 3.05) is 26.2 Å². The molecule has 1 saturated heterocycles. The lowest BCUT2D eigenvalue weighted by Crippen LogP contribution is -2.60. The van der Waals surface area contributed by atoms with E-state index in [4.69, 9.17) is 4.42 Å². The van der Waals surface area contributed by atoms with Crippen LogP contribution in [0.4, 0.5) is 4.79 Å². The summed E-state index contributed by atoms with van der Waals surface area (Å²) in [6.45, 7) is 8.53. The summed E-state index contributed by atoms with van der Waals surface area (Å²) in [6, 6.07) is 11.8. The molecule has 3 amide bonds. The minimum atomic E-state index is -0.913. The zero-order valence-corrected chi connectivity index (χ0v) is 20.0. The van der Waals surface area contributed by atoms with Gasteiger partial charge in [0.2, 0.25) is 5.91 Å². The highest BCUT2D eigenvalue weighted by Crippen LogP contribution is 2.28. The van der Waals surface area contributed by atoms with Crippen LogP contribution >= 0.6 is 0 Å². The van der Waals surface area contributed by atoms with Gasteiger partial charge in [-0.3, -0.25) is 14.5 Å². The summed E-state index contributed by atoms with van der Waals surface area (Å²) >= 11 is 0. The van der Waals surface area contributed by atoms with Gasteiger partial charge in [0.05, 0.1) is 12.3 Å². The van der Waals surface area contributed by atoms with Crippen molar-refractivity contribution >= 4 is 17.9 Å². The van der Waals surface area contributed by atoms with Crippen LogP contribution < -0.4 is 10.6 Å². The van der Waals surface area contributed by atoms with E-state index in [0.717, 1.165) is 5.56 Å². The fourth-order valence-corrected chi connectivity index (χ4v) is 4.14. The molecule has 0 bridgehead atoms. The van der Waals surface area contributed by atoms with E-state index in [1.54, 1.807) is 12.1 Å². The predicted octanol–water partition coefficient (Wildman–Crippen LogP) is 2.79. The van der Waals surface area contributed by atoms with E-state index in [0.29, 0.717) is 39.1 Å². The summed E-state index contributed by atoms with van der Waals surface area (Å²) in [5.74, 6) is -0.586. The van der Waals surface area contributed by atoms with Crippen LogP contribution in [-0.4, -0.2) is 71.1 Å². The highest BCUT2D eigenvalue weighted by Gasteiger charge is 2.38. The van der Waals surface area contributed by atoms with E-state index in [-0.39, 0.29) is 23.1 Å². The Labute approximate surface area is 200 Å². The summed E-state index contributed by atoms with van der Waals surface area (Å²) in [4.78, 5) is 40.9. The standard InChI is InChI=1S/C25H34N4O5/c1-25(2,3)21-17-28(13-14-29(21)24(32)33)12-11-19(27-23(31)20-10-7-15-34-20)22(30)26-16-18-8-5-4-6-9-18/h4-10,15,19,21H,11-14,16-17H2,1-3H3,(H,26,30)(H,27,31)(H,32,33). The Hall–Kier alpha value is -3.33. The number of nitrogens with zero attached hydrogens (tertiary/aromatic N) is 2. The first-order valence-corrected chi connectivity index (χ1v) is 11.5. The van der Waals surface area contributed by atoms with Gasteiger partial charge in [0.1, 0.15) is 6.04 Å². The summed E-state index contributed by atoms with van der Waals surface area (Å²) in [6.07, 6.45) is 0.883. The largest absolute Gasteiger partial charge is 0.465 e. The topological polar surface area (TPSA) is 115 Å². The molecule has 0 saturated carbocycles. The maximum atomic E-state index is 13.0. The summed E-state index contributed by atoms with van der Waals surface area (Å²) in [7, 11) is 0. The van der Waals surface area contributed by atoms with Gasteiger partial charge in [-0.2, -0.15) is 0 Å². The Kier molecular flexibility index (Phi) is 8.33. The molecule has 2 aromatic rings. The molecule has 3 rings (SSSR count). The van der Waals surface area contributed by atoms with E-state index in [9.17, 15) is 19.5 Å². The van der Waals surface area contributed by atoms with Gasteiger partial charge in [-0.15, -0.1) is 0 Å². The Morgan fingerprint density at radius 2 is 1.85 bits per heavy atom. The van der Waals surface area contributed by atoms with Gasteiger partial charge in [0, 0.05) is 32.7 Å². The quantitative estimate of drug-likeness (QED) is 0.547. The van der Waals surface area contributed by atoms with E-state index in [1.807, 2.05) is 51.1 Å². The fourth-order valence-electron chi connectivity index (χ4n) is 4.14. The number of benzene rings is 1. The second-order valence-corrected chi connectivity index (χ2v) is 9.65. The molecule has 1 aliphatic rings. The zero-order chi connectivity index (χ0) is 24.7. The van der Waals surface area contributed by atoms with Crippen molar-refractivity contribution in [2.45, 2.75) is 45.8 Å². The molecule has 1 aromatic heterocycles. The molecular formula is C25H34N4O5. The van der Waals surface area contributed by atoms with Crippen LogP contribution in [0.25, 0.3) is 0 Å². The number of carbonyl (C=O) groups excluding carboxylic acids is 2. The molecule has 9 nitrogen and oxygen atoms in total. The normalized spacial score (nSPS) is 17.7. The predicted molar refractivity (Wildman–Crippen MR) is 127 cm³/mol. The Bertz CT molecular complexity index is 955. The highest BCUT2D eigenvalue weighted by molar-refractivity contribution is 5.95. The van der Waals surface area contributed by atoms with E-state index < -0.39 is 18.0 Å². The number of rotatable bonds is 8. The number of nitrogens with one attached hydrogen (secondary N) is 2. The number of hydrogen-bond donors (Lipinski definition) is 3. The Morgan fingerprint density at radius 3 is 2.47 bits per heavy atom. The van der Waals surface area contributed by atoms with Gasteiger partial charge in [0.25, 0.3) is 5.91 Å². The second kappa shape index (κ2) is 11.2. The monoisotopic (exact) mass is 470 g/mol. The minimum Gasteiger partial charge on any atom is -0.465 e. The van der Waals surface area contributed by atoms with Crippen molar-refractivity contribution in [3.05, 3.63) is 60.1 Å². The molecule has 2 unspecified atom stereocenters. The van der Waals surface area contributed by atoms with Crippen LogP contribution in [0.2, 0.25) is 0 Å². The zero-order valence-electron chi connectivity index (χ0n) is 20.0. The third-order valence-corrected chi connectivity index (χ3v) is 6.12. The van der Waals surface area contributed by atoms with Crippen LogP contribution in [0.1, 0.15) is 43.3 Å². The lowest BCUT2D eigenvalue weighted by atomic mass is 9.84. The number of hydrogen-bond acceptors (Lipinski definition) is 5. The van der Waals surface area contributed by atoms with Gasteiger partial charge >= 0.3 is 6.09 Å². The van der Waals surface area contributed by atoms with E-state index in [2.05, 4.69) is 15.5 Å². The Morgan fingerprint density at radius 1 is 1.12 bits per heavy atom. The van der Waals surface area contributed by atoms with Crippen LogP contribution in [0.15, 0.2) is 53.1 Å². The third-order valence-electron chi connectivity index (χ3n) is 6.12. The molecule has 34 heavy (non-hydrogen) atoms. The number of amides is 3. The average molecular weight is 471 g/mol. The first-order valence-electron chi connectivity index (χ1n) is 11.5. The molecule has 184 valence electrons. The van der Waals surface area contributed by atoms with Crippen LogP contribution in [0, 0.1) is 5.41 Å². The molecule has 1 aromatic carbocycles. The summed E-state index contributed by atoms with van der Waals surface area (Å²) in [5.41, 5.74) is 0.738. The van der Waals surface area contributed by atoms with Crippen molar-refractivity contribution in [1.82, 2.24) is 20.4 Å². The number of carbonyl (C=O) groups is 3. The van der Waals surface area contributed by atoms with Crippen LogP contribution in [0.5, 0.6) is 0 Å². The van der Waals surface area contributed by atoms with Gasteiger partial charge < -0.3 is 25.1 Å². The SMILES string of the molecule is CC(C)(C)C1CN(CCC(NC(=O)c2ccco2)C(=O)NCc2ccccc2)CCN1C(=O)O. The molecule has 0 aliphatic carbocycles. The molecule has 0 radical (unpaired) electrons. The lowest BCUT2D eigenvalue weighted by molar-refractivity contribution is -0.123. The fraction of sp³-hybridized carbons (Fsp3) is 0.480.